The number of hydrogen-bond acceptors (Lipinski definition) is 15. The first-order valence-corrected chi connectivity index (χ1v) is 22.9. The van der Waals surface area contributed by atoms with Crippen molar-refractivity contribution in [2.45, 2.75) is 161 Å². The van der Waals surface area contributed by atoms with Gasteiger partial charge in [-0.1, -0.05) is 34.6 Å². The Morgan fingerprint density at radius 3 is 2.05 bits per heavy atom. The summed E-state index contributed by atoms with van der Waals surface area (Å²) in [6.45, 7) is 18.1. The van der Waals surface area contributed by atoms with Crippen molar-refractivity contribution in [3.63, 3.8) is 0 Å². The molecule has 0 amide bonds. The van der Waals surface area contributed by atoms with Gasteiger partial charge in [-0.2, -0.15) is 0 Å². The summed E-state index contributed by atoms with van der Waals surface area (Å²) in [4.78, 5) is 12.6. The quantitative estimate of drug-likeness (QED) is 0.0723. The largest absolute Gasteiger partial charge is 0.488 e. The molecule has 1 unspecified atom stereocenters. The van der Waals surface area contributed by atoms with Gasteiger partial charge in [0.15, 0.2) is 12.4 Å². The van der Waals surface area contributed by atoms with Crippen LogP contribution in [0.4, 0.5) is 0 Å². The molecule has 0 aromatic rings. The Hall–Kier alpha value is -1.47. The minimum absolute atomic E-state index is 0.0462. The molecular formula is C47H78O15. The zero-order valence-electron chi connectivity index (χ0n) is 39.9. The molecule has 5 aliphatic carbocycles. The summed E-state index contributed by atoms with van der Waals surface area (Å²) in [5, 5.41) is 0. The predicted molar refractivity (Wildman–Crippen MR) is 224 cm³/mol. The fourth-order valence-electron chi connectivity index (χ4n) is 14.6. The molecule has 1 saturated heterocycles. The van der Waals surface area contributed by atoms with E-state index < -0.39 is 42.4 Å². The Labute approximate surface area is 370 Å². The number of esters is 1. The van der Waals surface area contributed by atoms with Gasteiger partial charge in [0.2, 0.25) is 0 Å². The fourth-order valence-corrected chi connectivity index (χ4v) is 14.6. The molecule has 5 fully saturated rings. The third kappa shape index (κ3) is 7.91. The van der Waals surface area contributed by atoms with Gasteiger partial charge in [0.1, 0.15) is 75.8 Å². The van der Waals surface area contributed by atoms with Gasteiger partial charge in [-0.3, -0.25) is 4.79 Å². The van der Waals surface area contributed by atoms with Crippen molar-refractivity contribution in [3.8, 4) is 0 Å². The first-order valence-electron chi connectivity index (χ1n) is 22.9. The van der Waals surface area contributed by atoms with Crippen molar-refractivity contribution in [3.05, 3.63) is 11.3 Å². The van der Waals surface area contributed by atoms with E-state index >= 15 is 0 Å². The van der Waals surface area contributed by atoms with Gasteiger partial charge in [-0.15, -0.1) is 0 Å². The van der Waals surface area contributed by atoms with Crippen molar-refractivity contribution in [2.24, 2.45) is 44.8 Å². The molecular weight excluding hydrogens is 805 g/mol. The molecule has 0 radical (unpaired) electrons. The average molecular weight is 883 g/mol. The average Bonchev–Trinajstić information content (AvgIpc) is 3.85. The van der Waals surface area contributed by atoms with Crippen molar-refractivity contribution in [2.75, 3.05) is 76.1 Å². The van der Waals surface area contributed by atoms with Crippen LogP contribution in [-0.4, -0.2) is 137 Å². The second-order valence-corrected chi connectivity index (χ2v) is 20.9. The summed E-state index contributed by atoms with van der Waals surface area (Å²) in [5.41, 5.74) is 0.287. The molecule has 7 aliphatic rings. The van der Waals surface area contributed by atoms with E-state index in [2.05, 4.69) is 34.6 Å². The highest BCUT2D eigenvalue weighted by molar-refractivity contribution is 5.66. The van der Waals surface area contributed by atoms with Crippen LogP contribution in [0.1, 0.15) is 107 Å². The van der Waals surface area contributed by atoms with E-state index in [1.165, 1.54) is 25.3 Å². The van der Waals surface area contributed by atoms with E-state index in [4.69, 9.17) is 66.3 Å². The van der Waals surface area contributed by atoms with Crippen molar-refractivity contribution in [1.82, 2.24) is 0 Å². The summed E-state index contributed by atoms with van der Waals surface area (Å²) in [6.07, 6.45) is 4.52. The summed E-state index contributed by atoms with van der Waals surface area (Å²) in [7, 11) is 8.05. The van der Waals surface area contributed by atoms with E-state index in [9.17, 15) is 4.79 Å². The molecule has 0 aromatic carbocycles. The molecule has 15 heteroatoms. The zero-order chi connectivity index (χ0) is 44.9. The lowest BCUT2D eigenvalue weighted by atomic mass is 9.41. The summed E-state index contributed by atoms with van der Waals surface area (Å²) >= 11 is 0. The number of fused-ring (bicyclic) bond motifs is 3. The second-order valence-electron chi connectivity index (χ2n) is 20.9. The van der Waals surface area contributed by atoms with Crippen LogP contribution in [0.2, 0.25) is 0 Å². The second kappa shape index (κ2) is 18.7. The van der Waals surface area contributed by atoms with Crippen LogP contribution in [-0.2, 0) is 71.1 Å². The Morgan fingerprint density at radius 1 is 0.774 bits per heavy atom. The molecule has 15 atom stereocenters. The molecule has 62 heavy (non-hydrogen) atoms. The molecule has 2 heterocycles. The predicted octanol–water partition coefficient (Wildman–Crippen LogP) is 6.74. The SMILES string of the molecule is COCO[C@@H]1[C@@H](OCOC)[C@H](O[C@H]2CCC34C[C@]35CC[C@]3(C)C6=C(O[C@@H]([C@H](OC(C)=O)C(C)(C)OCOC)C[C@H]6C)[C@H](OCOC)[C@@]3(C)[C@@H]5CC[C@H]4C2(C)C)OC[C@H]1OCOC. The maximum atomic E-state index is 12.6. The summed E-state index contributed by atoms with van der Waals surface area (Å²) in [5.74, 6) is 1.56. The molecule has 2 aliphatic heterocycles. The molecule has 356 valence electrons. The molecule has 4 saturated carbocycles. The van der Waals surface area contributed by atoms with Gasteiger partial charge in [0.05, 0.1) is 12.7 Å². The number of hydrogen-bond donors (Lipinski definition) is 0. The third-order valence-electron chi connectivity index (χ3n) is 17.2. The topological polar surface area (TPSA) is 146 Å². The lowest BCUT2D eigenvalue weighted by Crippen LogP contribution is -2.62. The molecule has 15 nitrogen and oxygen atoms in total. The van der Waals surface area contributed by atoms with Crippen LogP contribution >= 0.6 is 0 Å². The number of carbonyl (C=O) groups is 1. The van der Waals surface area contributed by atoms with E-state index in [0.29, 0.717) is 18.3 Å². The Balaban J connectivity index is 1.15. The first-order chi connectivity index (χ1) is 29.5. The van der Waals surface area contributed by atoms with Crippen molar-refractivity contribution in [1.29, 1.82) is 0 Å². The van der Waals surface area contributed by atoms with Crippen LogP contribution in [0.15, 0.2) is 11.3 Å². The number of carbonyl (C=O) groups excluding carboxylic acids is 1. The highest BCUT2D eigenvalue weighted by Crippen LogP contribution is 2.89. The fraction of sp³-hybridized carbons (Fsp3) is 0.936. The number of rotatable bonds is 20. The standard InChI is InChI=1S/C47H78O15/c1-28-20-30(39(60-29(2)48)43(5,6)59-27-53-13)61-37-35(28)44(7)18-19-47-22-46(47)17-16-34(42(3,4)32(46)14-15-33(47)45(44,8)40(37)58-26-52-12)62-41-38(57-25-51-11)36(56-24-50-10)31(21-54-41)55-23-49-9/h28,30-34,36,38-41H,14-27H2,1-13H3/t28-,30-,31-,32+,33+,34+,36+,38-,39+,40+,41+,44-,45-,46?,47+/m1/s1. The maximum absolute atomic E-state index is 12.6. The lowest BCUT2D eigenvalue weighted by Gasteiger charge is -2.64. The number of methoxy groups -OCH3 is 5. The van der Waals surface area contributed by atoms with E-state index in [-0.39, 0.29) is 91.7 Å². The number of allylic oxidation sites excluding steroid dienone is 1. The highest BCUT2D eigenvalue weighted by atomic mass is 16.8. The Kier molecular flexibility index (Phi) is 14.6. The lowest BCUT2D eigenvalue weighted by molar-refractivity contribution is -0.336. The molecule has 7 rings (SSSR count). The van der Waals surface area contributed by atoms with Crippen LogP contribution in [0.25, 0.3) is 0 Å². The smallest absolute Gasteiger partial charge is 0.303 e. The molecule has 0 bridgehead atoms. The van der Waals surface area contributed by atoms with Gasteiger partial charge in [-0.25, -0.2) is 0 Å². The van der Waals surface area contributed by atoms with Gasteiger partial charge < -0.3 is 66.3 Å². The van der Waals surface area contributed by atoms with Crippen molar-refractivity contribution >= 4 is 5.97 Å². The van der Waals surface area contributed by atoms with Crippen molar-refractivity contribution < 1.29 is 71.1 Å². The first kappa shape index (κ1) is 48.5. The Bertz CT molecular complexity index is 1590. The molecule has 0 N–H and O–H groups in total. The Morgan fingerprint density at radius 2 is 1.39 bits per heavy atom. The van der Waals surface area contributed by atoms with Crippen LogP contribution in [0.3, 0.4) is 0 Å². The third-order valence-corrected chi connectivity index (χ3v) is 17.2. The van der Waals surface area contributed by atoms with E-state index in [1.54, 1.807) is 35.5 Å². The minimum Gasteiger partial charge on any atom is -0.488 e. The molecule has 2 spiro atoms. The highest BCUT2D eigenvalue weighted by Gasteiger charge is 2.84. The zero-order valence-corrected chi connectivity index (χ0v) is 39.9. The van der Waals surface area contributed by atoms with Crippen LogP contribution in [0.5, 0.6) is 0 Å². The van der Waals surface area contributed by atoms with Gasteiger partial charge >= 0.3 is 5.97 Å². The minimum atomic E-state index is -0.869. The van der Waals surface area contributed by atoms with Gasteiger partial charge in [-0.05, 0) is 105 Å². The summed E-state index contributed by atoms with van der Waals surface area (Å²) < 4.78 is 85.0. The van der Waals surface area contributed by atoms with Crippen LogP contribution in [0, 0.1) is 44.8 Å². The monoisotopic (exact) mass is 883 g/mol. The van der Waals surface area contributed by atoms with Crippen LogP contribution < -0.4 is 0 Å². The van der Waals surface area contributed by atoms with E-state index in [1.807, 2.05) is 13.8 Å². The molecule has 0 aromatic heterocycles. The summed E-state index contributed by atoms with van der Waals surface area (Å²) in [6, 6.07) is 0. The normalized spacial score (nSPS) is 42.5. The number of ether oxygens (including phenoxy) is 14. The van der Waals surface area contributed by atoms with E-state index in [0.717, 1.165) is 37.9 Å². The van der Waals surface area contributed by atoms with Gasteiger partial charge in [0, 0.05) is 53.3 Å². The van der Waals surface area contributed by atoms with Gasteiger partial charge in [0.25, 0.3) is 0 Å². The maximum Gasteiger partial charge on any atom is 0.303 e.